The van der Waals surface area contributed by atoms with Gasteiger partial charge in [-0.25, -0.2) is 13.6 Å². The van der Waals surface area contributed by atoms with E-state index in [0.717, 1.165) is 12.1 Å². The molecule has 1 aromatic carbocycles. The van der Waals surface area contributed by atoms with Crippen molar-refractivity contribution in [3.63, 3.8) is 0 Å². The SMILES string of the molecule is Cc1c(F)cc(NC(=O)N2CCCN(c3c(Cl)cncc3Cl)CC2)cc1F. The molecule has 2 amide bonds. The summed E-state index contributed by atoms with van der Waals surface area (Å²) in [6.45, 7) is 3.45. The van der Waals surface area contributed by atoms with Gasteiger partial charge in [0.1, 0.15) is 11.6 Å². The maximum atomic E-state index is 13.7. The average Bonchev–Trinajstić information content (AvgIpc) is 2.86. The molecule has 1 aliphatic rings. The number of carbonyl (C=O) groups is 1. The van der Waals surface area contributed by atoms with Gasteiger partial charge in [-0.1, -0.05) is 23.2 Å². The van der Waals surface area contributed by atoms with Crippen LogP contribution in [-0.2, 0) is 0 Å². The molecule has 0 unspecified atom stereocenters. The van der Waals surface area contributed by atoms with Gasteiger partial charge < -0.3 is 15.1 Å². The molecule has 1 N–H and O–H groups in total. The largest absolute Gasteiger partial charge is 0.367 e. The maximum absolute atomic E-state index is 13.7. The molecular weight excluding hydrogens is 397 g/mol. The highest BCUT2D eigenvalue weighted by atomic mass is 35.5. The fourth-order valence-electron chi connectivity index (χ4n) is 2.97. The van der Waals surface area contributed by atoms with Crippen LogP contribution in [0.4, 0.5) is 25.0 Å². The number of nitrogens with zero attached hydrogens (tertiary/aromatic N) is 3. The molecule has 2 aromatic rings. The van der Waals surface area contributed by atoms with Crippen molar-refractivity contribution in [3.8, 4) is 0 Å². The predicted molar refractivity (Wildman–Crippen MR) is 103 cm³/mol. The Bertz CT molecular complexity index is 822. The molecule has 0 radical (unpaired) electrons. The van der Waals surface area contributed by atoms with E-state index >= 15 is 0 Å². The van der Waals surface area contributed by atoms with Gasteiger partial charge in [-0.3, -0.25) is 4.98 Å². The Balaban J connectivity index is 1.68. The number of hydrogen-bond donors (Lipinski definition) is 1. The zero-order valence-electron chi connectivity index (χ0n) is 14.6. The van der Waals surface area contributed by atoms with Crippen LogP contribution in [0.15, 0.2) is 24.5 Å². The van der Waals surface area contributed by atoms with Gasteiger partial charge in [-0.2, -0.15) is 0 Å². The maximum Gasteiger partial charge on any atom is 0.321 e. The predicted octanol–water partition coefficient (Wildman–Crippen LogP) is 4.72. The van der Waals surface area contributed by atoms with Crippen molar-refractivity contribution in [2.45, 2.75) is 13.3 Å². The molecule has 5 nitrogen and oxygen atoms in total. The highest BCUT2D eigenvalue weighted by Gasteiger charge is 2.22. The first-order chi connectivity index (χ1) is 12.9. The van der Waals surface area contributed by atoms with Crippen LogP contribution in [-0.4, -0.2) is 42.1 Å². The lowest BCUT2D eigenvalue weighted by atomic mass is 10.2. The van der Waals surface area contributed by atoms with E-state index in [2.05, 4.69) is 10.3 Å². The first-order valence-electron chi connectivity index (χ1n) is 8.42. The second-order valence-corrected chi connectivity index (χ2v) is 7.09. The van der Waals surface area contributed by atoms with Crippen LogP contribution < -0.4 is 10.2 Å². The molecule has 1 aliphatic heterocycles. The molecule has 144 valence electrons. The van der Waals surface area contributed by atoms with E-state index in [0.29, 0.717) is 48.3 Å². The van der Waals surface area contributed by atoms with Crippen molar-refractivity contribution in [3.05, 3.63) is 51.8 Å². The van der Waals surface area contributed by atoms with Crippen LogP contribution in [0.1, 0.15) is 12.0 Å². The average molecular weight is 415 g/mol. The third kappa shape index (κ3) is 4.42. The molecule has 9 heteroatoms. The Morgan fingerprint density at radius 2 is 1.70 bits per heavy atom. The Morgan fingerprint density at radius 1 is 1.07 bits per heavy atom. The number of rotatable bonds is 2. The van der Waals surface area contributed by atoms with Crippen LogP contribution in [0.3, 0.4) is 0 Å². The second kappa shape index (κ2) is 8.27. The highest BCUT2D eigenvalue weighted by Crippen LogP contribution is 2.33. The quantitative estimate of drug-likeness (QED) is 0.773. The minimum atomic E-state index is -0.700. The van der Waals surface area contributed by atoms with Crippen molar-refractivity contribution in [1.82, 2.24) is 9.88 Å². The number of urea groups is 1. The summed E-state index contributed by atoms with van der Waals surface area (Å²) in [6, 6.07) is 1.81. The smallest absolute Gasteiger partial charge is 0.321 e. The third-order valence-electron chi connectivity index (χ3n) is 4.46. The summed E-state index contributed by atoms with van der Waals surface area (Å²) in [7, 11) is 0. The van der Waals surface area contributed by atoms with Gasteiger partial charge in [0.15, 0.2) is 0 Å². The summed E-state index contributed by atoms with van der Waals surface area (Å²) in [5, 5.41) is 3.45. The number of carbonyl (C=O) groups excluding carboxylic acids is 1. The van der Waals surface area contributed by atoms with Crippen LogP contribution >= 0.6 is 23.2 Å². The molecule has 0 aliphatic carbocycles. The van der Waals surface area contributed by atoms with Crippen molar-refractivity contribution in [2.24, 2.45) is 0 Å². The summed E-state index contributed by atoms with van der Waals surface area (Å²) >= 11 is 12.4. The molecule has 3 rings (SSSR count). The summed E-state index contributed by atoms with van der Waals surface area (Å²) in [5.41, 5.74) is 0.699. The van der Waals surface area contributed by atoms with Crippen molar-refractivity contribution in [2.75, 3.05) is 36.4 Å². The molecular formula is C18H18Cl2F2N4O. The Hall–Kier alpha value is -2.12. The van der Waals surface area contributed by atoms with Crippen LogP contribution in [0.2, 0.25) is 10.0 Å². The number of benzene rings is 1. The third-order valence-corrected chi connectivity index (χ3v) is 5.01. The number of anilines is 2. The van der Waals surface area contributed by atoms with E-state index in [1.54, 1.807) is 4.90 Å². The standard InChI is InChI=1S/C18H18Cl2F2N4O/c1-11-15(21)7-12(8-16(11)22)24-18(27)26-4-2-3-25(5-6-26)17-13(19)9-23-10-14(17)20/h7-10H,2-6H2,1H3,(H,24,27). The van der Waals surface area contributed by atoms with Crippen LogP contribution in [0.25, 0.3) is 0 Å². The minimum Gasteiger partial charge on any atom is -0.367 e. The monoisotopic (exact) mass is 414 g/mol. The lowest BCUT2D eigenvalue weighted by Gasteiger charge is -2.25. The number of amides is 2. The topological polar surface area (TPSA) is 48.5 Å². The lowest BCUT2D eigenvalue weighted by molar-refractivity contribution is 0.215. The molecule has 0 atom stereocenters. The lowest BCUT2D eigenvalue weighted by Crippen LogP contribution is -2.38. The van der Waals surface area contributed by atoms with E-state index in [1.165, 1.54) is 19.3 Å². The number of halogens is 4. The Labute approximate surface area is 165 Å². The van der Waals surface area contributed by atoms with E-state index in [9.17, 15) is 13.6 Å². The van der Waals surface area contributed by atoms with Crippen molar-refractivity contribution in [1.29, 1.82) is 0 Å². The molecule has 0 bridgehead atoms. The second-order valence-electron chi connectivity index (χ2n) is 6.27. The van der Waals surface area contributed by atoms with Gasteiger partial charge in [0.05, 0.1) is 15.7 Å². The summed E-state index contributed by atoms with van der Waals surface area (Å²) in [5.74, 6) is -1.40. The number of aromatic nitrogens is 1. The van der Waals surface area contributed by atoms with Crippen molar-refractivity contribution >= 4 is 40.6 Å². The zero-order chi connectivity index (χ0) is 19.6. The van der Waals surface area contributed by atoms with Gasteiger partial charge in [0.25, 0.3) is 0 Å². The summed E-state index contributed by atoms with van der Waals surface area (Å²) < 4.78 is 27.3. The van der Waals surface area contributed by atoms with Gasteiger partial charge in [-0.15, -0.1) is 0 Å². The first kappa shape index (κ1) is 19.6. The normalized spacial score (nSPS) is 14.9. The van der Waals surface area contributed by atoms with E-state index < -0.39 is 17.7 Å². The fraction of sp³-hybridized carbons (Fsp3) is 0.333. The first-order valence-corrected chi connectivity index (χ1v) is 9.18. The van der Waals surface area contributed by atoms with Gasteiger partial charge in [0, 0.05) is 49.8 Å². The van der Waals surface area contributed by atoms with E-state index in [1.807, 2.05) is 4.90 Å². The molecule has 2 heterocycles. The highest BCUT2D eigenvalue weighted by molar-refractivity contribution is 6.38. The molecule has 0 saturated carbocycles. The van der Waals surface area contributed by atoms with Crippen LogP contribution in [0, 0.1) is 18.6 Å². The number of hydrogen-bond acceptors (Lipinski definition) is 3. The number of pyridine rings is 1. The molecule has 1 fully saturated rings. The molecule has 1 saturated heterocycles. The Kier molecular flexibility index (Phi) is 6.01. The summed E-state index contributed by atoms with van der Waals surface area (Å²) in [6.07, 6.45) is 3.75. The minimum absolute atomic E-state index is 0.0791. The number of nitrogens with one attached hydrogen (secondary N) is 1. The van der Waals surface area contributed by atoms with Gasteiger partial charge in [0.2, 0.25) is 0 Å². The fourth-order valence-corrected chi connectivity index (χ4v) is 3.57. The van der Waals surface area contributed by atoms with Gasteiger partial charge >= 0.3 is 6.03 Å². The van der Waals surface area contributed by atoms with E-state index in [-0.39, 0.29) is 11.3 Å². The van der Waals surface area contributed by atoms with E-state index in [4.69, 9.17) is 23.2 Å². The molecule has 27 heavy (non-hydrogen) atoms. The molecule has 1 aromatic heterocycles. The summed E-state index contributed by atoms with van der Waals surface area (Å²) in [4.78, 5) is 20.0. The zero-order valence-corrected chi connectivity index (χ0v) is 16.1. The van der Waals surface area contributed by atoms with Crippen LogP contribution in [0.5, 0.6) is 0 Å². The molecule has 0 spiro atoms. The Morgan fingerprint density at radius 3 is 2.33 bits per heavy atom. The van der Waals surface area contributed by atoms with Gasteiger partial charge in [-0.05, 0) is 25.5 Å². The van der Waals surface area contributed by atoms with Crippen molar-refractivity contribution < 1.29 is 13.6 Å².